The monoisotopic (exact) mass is 556 g/mol. The van der Waals surface area contributed by atoms with Crippen molar-refractivity contribution in [1.29, 1.82) is 0 Å². The molecule has 2 aliphatic rings. The van der Waals surface area contributed by atoms with Crippen molar-refractivity contribution in [3.63, 3.8) is 0 Å². The number of aliphatic hydroxyl groups excluding tert-OH is 1. The number of carbonyl (C=O) groups is 1. The Bertz CT molecular complexity index is 1400. The molecule has 3 aromatic carbocycles. The predicted octanol–water partition coefficient (Wildman–Crippen LogP) is 4.25. The summed E-state index contributed by atoms with van der Waals surface area (Å²) < 4.78 is 17.7. The van der Waals surface area contributed by atoms with Gasteiger partial charge in [-0.2, -0.15) is 0 Å². The van der Waals surface area contributed by atoms with Crippen molar-refractivity contribution in [2.24, 2.45) is 10.1 Å². The van der Waals surface area contributed by atoms with E-state index in [-0.39, 0.29) is 18.9 Å². The second kappa shape index (κ2) is 13.3. The first-order valence-corrected chi connectivity index (χ1v) is 13.6. The maximum Gasteiger partial charge on any atom is 0.266 e. The number of nitrogens with zero attached hydrogens (tertiary/aromatic N) is 5. The minimum atomic E-state index is -1.42. The molecule has 0 aliphatic carbocycles. The molecule has 212 valence electrons. The molecule has 3 aromatic rings. The molecule has 5 rings (SSSR count). The number of hydrazine groups is 1. The van der Waals surface area contributed by atoms with Crippen molar-refractivity contribution in [1.82, 2.24) is 10.4 Å². The third-order valence-corrected chi connectivity index (χ3v) is 6.99. The van der Waals surface area contributed by atoms with Gasteiger partial charge in [-0.25, -0.2) is 10.0 Å². The fraction of sp³-hybridized carbons (Fsp3) is 0.333. The van der Waals surface area contributed by atoms with Gasteiger partial charge in [0.1, 0.15) is 5.75 Å². The first-order chi connectivity index (χ1) is 20.1. The minimum absolute atomic E-state index is 0.0530. The van der Waals surface area contributed by atoms with Gasteiger partial charge < -0.3 is 19.3 Å². The van der Waals surface area contributed by atoms with Crippen LogP contribution >= 0.6 is 0 Å². The lowest BCUT2D eigenvalue weighted by Gasteiger charge is -2.35. The summed E-state index contributed by atoms with van der Waals surface area (Å²) in [5.74, 6) is 0.607. The zero-order valence-corrected chi connectivity index (χ0v) is 22.6. The number of amides is 1. The number of morpholine rings is 1. The number of nitrogens with one attached hydrogen (secondary N) is 1. The van der Waals surface area contributed by atoms with Crippen LogP contribution in [0.15, 0.2) is 89.0 Å². The second-order valence-electron chi connectivity index (χ2n) is 9.74. The molecule has 1 fully saturated rings. The average molecular weight is 557 g/mol. The van der Waals surface area contributed by atoms with E-state index in [1.807, 2.05) is 53.5 Å². The smallest absolute Gasteiger partial charge is 0.266 e. The Kier molecular flexibility index (Phi) is 9.12. The topological polar surface area (TPSA) is 141 Å². The Labute approximate surface area is 238 Å². The lowest BCUT2D eigenvalue weighted by Crippen LogP contribution is -2.57. The molecular formula is C30H32N6O5. The highest BCUT2D eigenvalue weighted by molar-refractivity contribution is 6.01. The van der Waals surface area contributed by atoms with E-state index >= 15 is 0 Å². The molecule has 2 heterocycles. The molecule has 0 radical (unpaired) electrons. The average Bonchev–Trinajstić information content (AvgIpc) is 3.39. The summed E-state index contributed by atoms with van der Waals surface area (Å²) >= 11 is 0. The highest BCUT2D eigenvalue weighted by Crippen LogP contribution is 2.45. The number of hydrogen-bond donors (Lipinski definition) is 2. The molecular weight excluding hydrogens is 524 g/mol. The zero-order chi connectivity index (χ0) is 28.5. The molecule has 2 N–H and O–H groups in total. The number of rotatable bonds is 11. The van der Waals surface area contributed by atoms with Gasteiger partial charge in [-0.15, -0.1) is 0 Å². The van der Waals surface area contributed by atoms with E-state index in [2.05, 4.69) is 15.5 Å². The molecule has 11 heteroatoms. The predicted molar refractivity (Wildman–Crippen MR) is 153 cm³/mol. The van der Waals surface area contributed by atoms with E-state index in [0.717, 1.165) is 5.56 Å². The van der Waals surface area contributed by atoms with Gasteiger partial charge in [-0.05, 0) is 35.4 Å². The van der Waals surface area contributed by atoms with Crippen LogP contribution in [0.3, 0.4) is 0 Å². The van der Waals surface area contributed by atoms with Crippen LogP contribution in [0.5, 0.6) is 5.75 Å². The Morgan fingerprint density at radius 1 is 1.10 bits per heavy atom. The zero-order valence-electron chi connectivity index (χ0n) is 22.6. The van der Waals surface area contributed by atoms with Crippen molar-refractivity contribution < 1.29 is 24.1 Å². The van der Waals surface area contributed by atoms with E-state index in [1.165, 1.54) is 0 Å². The van der Waals surface area contributed by atoms with Crippen LogP contribution in [0, 0.1) is 0 Å². The highest BCUT2D eigenvalue weighted by Gasteiger charge is 2.54. The van der Waals surface area contributed by atoms with Crippen molar-refractivity contribution in [2.45, 2.75) is 24.5 Å². The van der Waals surface area contributed by atoms with Crippen molar-refractivity contribution in [3.8, 4) is 5.75 Å². The molecule has 1 amide bonds. The molecule has 41 heavy (non-hydrogen) atoms. The van der Waals surface area contributed by atoms with Gasteiger partial charge >= 0.3 is 0 Å². The third-order valence-electron chi connectivity index (χ3n) is 6.99. The van der Waals surface area contributed by atoms with Crippen LogP contribution < -0.4 is 10.2 Å². The molecule has 2 aliphatic heterocycles. The fourth-order valence-electron chi connectivity index (χ4n) is 4.93. The summed E-state index contributed by atoms with van der Waals surface area (Å²) in [7, 11) is 0. The molecule has 0 bridgehead atoms. The van der Waals surface area contributed by atoms with Gasteiger partial charge in [0.25, 0.3) is 5.91 Å². The summed E-state index contributed by atoms with van der Waals surface area (Å²) in [6.45, 7) is 2.55. The number of aliphatic imine (C=N–C) groups is 1. The van der Waals surface area contributed by atoms with Crippen LogP contribution in [-0.2, 0) is 20.7 Å². The quantitative estimate of drug-likeness (QED) is 0.157. The van der Waals surface area contributed by atoms with E-state index < -0.39 is 11.6 Å². The van der Waals surface area contributed by atoms with Gasteiger partial charge in [0.15, 0.2) is 11.6 Å². The summed E-state index contributed by atoms with van der Waals surface area (Å²) in [5, 5.41) is 14.8. The molecule has 2 atom stereocenters. The summed E-state index contributed by atoms with van der Waals surface area (Å²) in [6.07, 6.45) is -0.115. The van der Waals surface area contributed by atoms with Gasteiger partial charge in [-0.3, -0.25) is 10.2 Å². The molecule has 0 unspecified atom stereocenters. The van der Waals surface area contributed by atoms with E-state index in [1.54, 1.807) is 30.3 Å². The highest BCUT2D eigenvalue weighted by atomic mass is 16.5. The number of carbonyl (C=O) groups excluding carboxylic acids is 1. The molecule has 0 spiro atoms. The van der Waals surface area contributed by atoms with Gasteiger partial charge in [-0.1, -0.05) is 59.7 Å². The normalized spacial score (nSPS) is 20.4. The molecule has 0 saturated carbocycles. The Morgan fingerprint density at radius 2 is 1.83 bits per heavy atom. The maximum absolute atomic E-state index is 14.3. The second-order valence-corrected chi connectivity index (χ2v) is 9.74. The third kappa shape index (κ3) is 6.50. The molecule has 1 saturated heterocycles. The molecule has 0 aromatic heterocycles. The molecule has 11 nitrogen and oxygen atoms in total. The van der Waals surface area contributed by atoms with Crippen LogP contribution in [0.2, 0.25) is 0 Å². The van der Waals surface area contributed by atoms with Gasteiger partial charge in [0.05, 0.1) is 19.8 Å². The van der Waals surface area contributed by atoms with Crippen LogP contribution in [-0.4, -0.2) is 67.0 Å². The van der Waals surface area contributed by atoms with Crippen LogP contribution in [0.4, 0.5) is 5.69 Å². The van der Waals surface area contributed by atoms with Gasteiger partial charge in [0.2, 0.25) is 5.90 Å². The fourth-order valence-corrected chi connectivity index (χ4v) is 4.93. The van der Waals surface area contributed by atoms with Crippen molar-refractivity contribution in [3.05, 3.63) is 106 Å². The standard InChI is InChI=1S/C30H32N6O5/c31-35-33-26-10-5-4-9-25(26)27-30(21-22-7-2-1-3-8-22,29(38)34-36-15-19-39-20-16-36)32-28(41-27)23-11-13-24(14-12-23)40-18-6-17-37/h1-5,7-14,27,37H,6,15-21H2,(H,34,38)/t27-,30-/m0/s1. The Balaban J connectivity index is 1.59. The van der Waals surface area contributed by atoms with Gasteiger partial charge in [0, 0.05) is 54.3 Å². The first-order valence-electron chi connectivity index (χ1n) is 13.6. The van der Waals surface area contributed by atoms with Crippen molar-refractivity contribution in [2.75, 3.05) is 39.5 Å². The lowest BCUT2D eigenvalue weighted by molar-refractivity contribution is -0.136. The number of ether oxygens (including phenoxy) is 3. The Morgan fingerprint density at radius 3 is 2.56 bits per heavy atom. The summed E-state index contributed by atoms with van der Waals surface area (Å²) in [5.41, 5.74) is 13.4. The SMILES string of the molecule is [N-]=[N+]=Nc1ccccc1[C@@H]1OC(c2ccc(OCCCO)cc2)=N[C@]1(Cc1ccccc1)C(=O)NN1CCOCC1. The number of hydrogen-bond acceptors (Lipinski definition) is 8. The largest absolute Gasteiger partial charge is 0.494 e. The lowest BCUT2D eigenvalue weighted by atomic mass is 9.81. The summed E-state index contributed by atoms with van der Waals surface area (Å²) in [6, 6.07) is 24.0. The maximum atomic E-state index is 14.3. The van der Waals surface area contributed by atoms with Crippen LogP contribution in [0.25, 0.3) is 10.4 Å². The van der Waals surface area contributed by atoms with E-state index in [4.69, 9.17) is 24.3 Å². The van der Waals surface area contributed by atoms with Crippen LogP contribution in [0.1, 0.15) is 29.2 Å². The van der Waals surface area contributed by atoms with E-state index in [0.29, 0.717) is 67.8 Å². The number of azide groups is 1. The summed E-state index contributed by atoms with van der Waals surface area (Å²) in [4.78, 5) is 22.4. The van der Waals surface area contributed by atoms with E-state index in [9.17, 15) is 10.3 Å². The minimum Gasteiger partial charge on any atom is -0.494 e. The number of aliphatic hydroxyl groups is 1. The number of benzene rings is 3. The first kappa shape index (κ1) is 28.1. The van der Waals surface area contributed by atoms with Crippen molar-refractivity contribution >= 4 is 17.5 Å². The Hall–Kier alpha value is -4.41.